The van der Waals surface area contributed by atoms with E-state index in [0.717, 1.165) is 17.7 Å². The number of ether oxygens (including phenoxy) is 1. The monoisotopic (exact) mass is 293 g/mol. The third-order valence-electron chi connectivity index (χ3n) is 2.85. The molecular formula is C15H13F2NOS. The first kappa shape index (κ1) is 14.4. The number of thiocarbonyl (C=S) groups is 1. The summed E-state index contributed by atoms with van der Waals surface area (Å²) in [6.07, 6.45) is 0. The van der Waals surface area contributed by atoms with Gasteiger partial charge in [0.2, 0.25) is 0 Å². The summed E-state index contributed by atoms with van der Waals surface area (Å²) in [6, 6.07) is 9.05. The molecule has 0 aliphatic carbocycles. The third kappa shape index (κ3) is 3.30. The number of aryl methyl sites for hydroxylation is 1. The van der Waals surface area contributed by atoms with Crippen molar-refractivity contribution in [3.05, 3.63) is 64.7 Å². The van der Waals surface area contributed by atoms with Crippen LogP contribution >= 0.6 is 12.2 Å². The molecule has 0 saturated heterocycles. The highest BCUT2D eigenvalue weighted by atomic mass is 32.1. The zero-order valence-corrected chi connectivity index (χ0v) is 11.6. The van der Waals surface area contributed by atoms with Crippen LogP contribution in [-0.2, 0) is 6.61 Å². The fourth-order valence-electron chi connectivity index (χ4n) is 1.70. The summed E-state index contributed by atoms with van der Waals surface area (Å²) in [4.78, 5) is 0.280. The first-order valence-electron chi connectivity index (χ1n) is 5.94. The van der Waals surface area contributed by atoms with E-state index >= 15 is 0 Å². The van der Waals surface area contributed by atoms with Crippen molar-refractivity contribution in [3.63, 3.8) is 0 Å². The summed E-state index contributed by atoms with van der Waals surface area (Å²) in [7, 11) is 0. The van der Waals surface area contributed by atoms with Crippen LogP contribution in [0, 0.1) is 18.6 Å². The first-order valence-corrected chi connectivity index (χ1v) is 6.35. The Kier molecular flexibility index (Phi) is 4.29. The Labute approximate surface area is 121 Å². The lowest BCUT2D eigenvalue weighted by Crippen LogP contribution is -2.09. The van der Waals surface area contributed by atoms with Gasteiger partial charge in [-0.2, -0.15) is 0 Å². The Bertz CT molecular complexity index is 658. The summed E-state index contributed by atoms with van der Waals surface area (Å²) in [5.74, 6) is -1.15. The maximum Gasteiger partial charge on any atom is 0.159 e. The highest BCUT2D eigenvalue weighted by Gasteiger charge is 2.06. The smallest absolute Gasteiger partial charge is 0.159 e. The van der Waals surface area contributed by atoms with Crippen molar-refractivity contribution in [1.29, 1.82) is 0 Å². The van der Waals surface area contributed by atoms with Crippen LogP contribution in [0.25, 0.3) is 0 Å². The van der Waals surface area contributed by atoms with E-state index in [4.69, 9.17) is 22.7 Å². The maximum atomic E-state index is 13.1. The average molecular weight is 293 g/mol. The Balaban J connectivity index is 2.15. The van der Waals surface area contributed by atoms with Crippen LogP contribution in [0.1, 0.15) is 16.7 Å². The molecule has 0 saturated carbocycles. The second-order valence-electron chi connectivity index (χ2n) is 4.38. The van der Waals surface area contributed by atoms with Gasteiger partial charge in [-0.1, -0.05) is 30.4 Å². The highest BCUT2D eigenvalue weighted by Crippen LogP contribution is 2.21. The summed E-state index contributed by atoms with van der Waals surface area (Å²) in [5.41, 5.74) is 7.72. The van der Waals surface area contributed by atoms with Gasteiger partial charge in [-0.25, -0.2) is 8.78 Å². The maximum absolute atomic E-state index is 13.1. The van der Waals surface area contributed by atoms with Gasteiger partial charge in [0.25, 0.3) is 0 Å². The molecule has 0 spiro atoms. The van der Waals surface area contributed by atoms with E-state index in [1.165, 1.54) is 6.07 Å². The van der Waals surface area contributed by atoms with Gasteiger partial charge in [0.1, 0.15) is 17.3 Å². The molecule has 2 N–H and O–H groups in total. The lowest BCUT2D eigenvalue weighted by molar-refractivity contribution is 0.303. The van der Waals surface area contributed by atoms with E-state index in [-0.39, 0.29) is 11.6 Å². The van der Waals surface area contributed by atoms with Crippen molar-refractivity contribution in [3.8, 4) is 5.75 Å². The molecule has 2 aromatic rings. The van der Waals surface area contributed by atoms with E-state index in [9.17, 15) is 8.78 Å². The molecule has 0 fully saturated rings. The van der Waals surface area contributed by atoms with Crippen molar-refractivity contribution in [2.45, 2.75) is 13.5 Å². The summed E-state index contributed by atoms with van der Waals surface area (Å²) in [5, 5.41) is 0. The molecule has 0 atom stereocenters. The molecule has 0 aromatic heterocycles. The predicted octanol–water partition coefficient (Wildman–Crippen LogP) is 3.49. The van der Waals surface area contributed by atoms with E-state index in [1.807, 2.05) is 19.1 Å². The molecule has 0 amide bonds. The van der Waals surface area contributed by atoms with Crippen LogP contribution in [0.2, 0.25) is 0 Å². The quantitative estimate of drug-likeness (QED) is 0.877. The molecular weight excluding hydrogens is 280 g/mol. The Morgan fingerprint density at radius 2 is 1.90 bits per heavy atom. The normalized spacial score (nSPS) is 10.3. The molecule has 104 valence electrons. The van der Waals surface area contributed by atoms with Crippen molar-refractivity contribution in [1.82, 2.24) is 0 Å². The summed E-state index contributed by atoms with van der Waals surface area (Å²) < 4.78 is 31.5. The van der Waals surface area contributed by atoms with Gasteiger partial charge in [-0.3, -0.25) is 0 Å². The number of benzene rings is 2. The average Bonchev–Trinajstić information content (AvgIpc) is 2.41. The molecule has 5 heteroatoms. The second-order valence-corrected chi connectivity index (χ2v) is 4.82. The van der Waals surface area contributed by atoms with Gasteiger partial charge < -0.3 is 10.5 Å². The van der Waals surface area contributed by atoms with Crippen molar-refractivity contribution in [2.24, 2.45) is 5.73 Å². The van der Waals surface area contributed by atoms with Crippen LogP contribution in [0.4, 0.5) is 8.78 Å². The molecule has 2 nitrogen and oxygen atoms in total. The van der Waals surface area contributed by atoms with Crippen molar-refractivity contribution >= 4 is 17.2 Å². The number of halogens is 2. The third-order valence-corrected chi connectivity index (χ3v) is 3.09. The molecule has 20 heavy (non-hydrogen) atoms. The molecule has 0 heterocycles. The topological polar surface area (TPSA) is 35.2 Å². The Hall–Kier alpha value is -2.01. The molecule has 0 radical (unpaired) electrons. The second kappa shape index (κ2) is 5.96. The minimum atomic E-state index is -0.889. The van der Waals surface area contributed by atoms with Crippen LogP contribution in [-0.4, -0.2) is 4.99 Å². The molecule has 0 aliphatic rings. The zero-order chi connectivity index (χ0) is 14.7. The number of nitrogens with two attached hydrogens (primary N) is 1. The van der Waals surface area contributed by atoms with Crippen molar-refractivity contribution < 1.29 is 13.5 Å². The molecule has 2 aromatic carbocycles. The minimum Gasteiger partial charge on any atom is -0.489 e. The van der Waals surface area contributed by atoms with Gasteiger partial charge in [-0.15, -0.1) is 0 Å². The Morgan fingerprint density at radius 1 is 1.15 bits per heavy atom. The first-order chi connectivity index (χ1) is 9.47. The molecule has 0 bridgehead atoms. The highest BCUT2D eigenvalue weighted by molar-refractivity contribution is 7.80. The lowest BCUT2D eigenvalue weighted by Gasteiger charge is -2.11. The van der Waals surface area contributed by atoms with Gasteiger partial charge >= 0.3 is 0 Å². The molecule has 0 aliphatic heterocycles. The van der Waals surface area contributed by atoms with E-state index in [0.29, 0.717) is 16.9 Å². The fourth-order valence-corrected chi connectivity index (χ4v) is 1.83. The lowest BCUT2D eigenvalue weighted by atomic mass is 10.1. The Morgan fingerprint density at radius 3 is 2.55 bits per heavy atom. The van der Waals surface area contributed by atoms with Crippen LogP contribution in [0.5, 0.6) is 5.75 Å². The van der Waals surface area contributed by atoms with Crippen LogP contribution in [0.3, 0.4) is 0 Å². The van der Waals surface area contributed by atoms with Gasteiger partial charge in [0.05, 0.1) is 0 Å². The predicted molar refractivity (Wildman–Crippen MR) is 77.8 cm³/mol. The van der Waals surface area contributed by atoms with E-state index in [2.05, 4.69) is 0 Å². The van der Waals surface area contributed by atoms with Gasteiger partial charge in [0.15, 0.2) is 11.6 Å². The summed E-state index contributed by atoms with van der Waals surface area (Å²) >= 11 is 4.90. The fraction of sp³-hybridized carbons (Fsp3) is 0.133. The van der Waals surface area contributed by atoms with Crippen LogP contribution in [0.15, 0.2) is 36.4 Å². The van der Waals surface area contributed by atoms with Gasteiger partial charge in [0, 0.05) is 5.56 Å². The largest absolute Gasteiger partial charge is 0.489 e. The number of hydrogen-bond acceptors (Lipinski definition) is 2. The zero-order valence-electron chi connectivity index (χ0n) is 10.8. The number of rotatable bonds is 4. The standard InChI is InChI=1S/C15H13F2NOS/c1-9-2-4-11(15(18)20)7-14(9)19-8-10-3-5-12(16)13(17)6-10/h2-7H,8H2,1H3,(H2,18,20). The minimum absolute atomic E-state index is 0.138. The molecule has 0 unspecified atom stereocenters. The van der Waals surface area contributed by atoms with Crippen molar-refractivity contribution in [2.75, 3.05) is 0 Å². The van der Waals surface area contributed by atoms with E-state index < -0.39 is 11.6 Å². The van der Waals surface area contributed by atoms with Crippen LogP contribution < -0.4 is 10.5 Å². The van der Waals surface area contributed by atoms with Gasteiger partial charge in [-0.05, 0) is 36.2 Å². The molecule has 2 rings (SSSR count). The number of hydrogen-bond donors (Lipinski definition) is 1. The summed E-state index contributed by atoms with van der Waals surface area (Å²) in [6.45, 7) is 2.02. The SMILES string of the molecule is Cc1ccc(C(N)=S)cc1OCc1ccc(F)c(F)c1. The van der Waals surface area contributed by atoms with E-state index in [1.54, 1.807) is 6.07 Å².